The Morgan fingerprint density at radius 1 is 1.27 bits per heavy atom. The Balaban J connectivity index is 1.52. The predicted octanol–water partition coefficient (Wildman–Crippen LogP) is 0.558. The van der Waals surface area contributed by atoms with Crippen LogP contribution in [0, 0.1) is 0 Å². The lowest BCUT2D eigenvalue weighted by Gasteiger charge is -2.18. The molecule has 2 aliphatic rings. The number of aliphatic hydroxyl groups is 1. The van der Waals surface area contributed by atoms with E-state index in [1.54, 1.807) is 0 Å². The zero-order chi connectivity index (χ0) is 24.0. The summed E-state index contributed by atoms with van der Waals surface area (Å²) in [6, 6.07) is -1.20. The monoisotopic (exact) mass is 529 g/mol. The van der Waals surface area contributed by atoms with Gasteiger partial charge in [0, 0.05) is 12.6 Å². The summed E-state index contributed by atoms with van der Waals surface area (Å²) in [7, 11) is 0. The molecule has 33 heavy (non-hydrogen) atoms. The molecule has 1 aromatic heterocycles. The number of aromatic amines is 1. The maximum atomic E-state index is 12.4. The summed E-state index contributed by atoms with van der Waals surface area (Å²) in [5.74, 6) is -0.930. The largest absolute Gasteiger partial charge is 0.465 e. The van der Waals surface area contributed by atoms with Crippen molar-refractivity contribution in [2.75, 3.05) is 13.2 Å². The number of nitrogens with one attached hydrogen (secondary N) is 2. The second-order valence-corrected chi connectivity index (χ2v) is 8.50. The van der Waals surface area contributed by atoms with Gasteiger partial charge in [0.05, 0.1) is 18.3 Å². The van der Waals surface area contributed by atoms with Crippen molar-refractivity contribution in [2.45, 2.75) is 69.5 Å². The average Bonchev–Trinajstić information content (AvgIpc) is 3.41. The first-order valence-electron chi connectivity index (χ1n) is 10.9. The molecule has 3 N–H and O–H groups in total. The van der Waals surface area contributed by atoms with Crippen LogP contribution in [0.25, 0.3) is 6.08 Å². The molecule has 182 valence electrons. The third-order valence-corrected chi connectivity index (χ3v) is 5.86. The maximum absolute atomic E-state index is 12.4. The average molecular weight is 530 g/mol. The van der Waals surface area contributed by atoms with Gasteiger partial charge in [0.1, 0.15) is 31.0 Å². The van der Waals surface area contributed by atoms with Crippen LogP contribution in [0.3, 0.4) is 0 Å². The van der Waals surface area contributed by atoms with Gasteiger partial charge >= 0.3 is 17.6 Å². The molecule has 0 amide bonds. The zero-order valence-corrected chi connectivity index (χ0v) is 19.8. The lowest BCUT2D eigenvalue weighted by atomic mass is 10.2. The third-order valence-electron chi connectivity index (χ3n) is 5.60. The van der Waals surface area contributed by atoms with Crippen LogP contribution in [0.4, 0.5) is 0 Å². The Morgan fingerprint density at radius 2 is 1.97 bits per heavy atom. The number of nitrogens with zero attached hydrogens (tertiary/aromatic N) is 1. The highest BCUT2D eigenvalue weighted by Gasteiger charge is 2.39. The van der Waals surface area contributed by atoms with Gasteiger partial charge in [0.15, 0.2) is 0 Å². The summed E-state index contributed by atoms with van der Waals surface area (Å²) in [5, 5.41) is 13.3. The highest BCUT2D eigenvalue weighted by molar-refractivity contribution is 9.11. The number of ether oxygens (including phenoxy) is 3. The van der Waals surface area contributed by atoms with Gasteiger partial charge in [0.25, 0.3) is 5.56 Å². The summed E-state index contributed by atoms with van der Waals surface area (Å²) < 4.78 is 17.4. The van der Waals surface area contributed by atoms with E-state index in [0.29, 0.717) is 19.4 Å². The van der Waals surface area contributed by atoms with Crippen LogP contribution >= 0.6 is 15.9 Å². The van der Waals surface area contributed by atoms with E-state index >= 15 is 0 Å². The molecule has 2 fully saturated rings. The van der Waals surface area contributed by atoms with E-state index in [4.69, 9.17) is 14.2 Å². The van der Waals surface area contributed by atoms with Gasteiger partial charge in [0.2, 0.25) is 0 Å². The van der Waals surface area contributed by atoms with Gasteiger partial charge in [-0.1, -0.05) is 29.3 Å². The van der Waals surface area contributed by atoms with Gasteiger partial charge in [-0.3, -0.25) is 29.3 Å². The molecule has 2 saturated heterocycles. The molecule has 2 unspecified atom stereocenters. The highest BCUT2D eigenvalue weighted by atomic mass is 79.9. The molecule has 0 bridgehead atoms. The normalized spacial score (nSPS) is 27.2. The summed E-state index contributed by atoms with van der Waals surface area (Å²) in [6.07, 6.45) is 2.85. The van der Waals surface area contributed by atoms with E-state index in [1.165, 1.54) is 21.8 Å². The van der Waals surface area contributed by atoms with Gasteiger partial charge < -0.3 is 19.3 Å². The van der Waals surface area contributed by atoms with Crippen molar-refractivity contribution in [1.29, 1.82) is 0 Å². The van der Waals surface area contributed by atoms with Crippen LogP contribution < -0.4 is 16.6 Å². The van der Waals surface area contributed by atoms with Crippen LogP contribution in [-0.2, 0) is 23.8 Å². The van der Waals surface area contributed by atoms with Crippen molar-refractivity contribution in [3.63, 3.8) is 0 Å². The Kier molecular flexibility index (Phi) is 9.01. The first-order valence-corrected chi connectivity index (χ1v) is 11.8. The quantitative estimate of drug-likeness (QED) is 0.308. The number of rotatable bonds is 9. The van der Waals surface area contributed by atoms with Crippen molar-refractivity contribution in [1.82, 2.24) is 14.9 Å². The SMILES string of the molecule is CCCCOC(=O)C1CC[C@H](C(=O)OC[C@@H]2O[C@H](n3cc(/C=C/Br)c(=O)[nH]c3=O)CC2O)N1. The predicted molar refractivity (Wildman–Crippen MR) is 121 cm³/mol. The van der Waals surface area contributed by atoms with E-state index in [0.717, 1.165) is 12.8 Å². The molecule has 2 aliphatic heterocycles. The molecule has 0 radical (unpaired) electrons. The fourth-order valence-electron chi connectivity index (χ4n) is 3.73. The minimum Gasteiger partial charge on any atom is -0.465 e. The second-order valence-electron chi connectivity index (χ2n) is 7.98. The summed E-state index contributed by atoms with van der Waals surface area (Å²) in [6.45, 7) is 2.14. The molecule has 12 heteroatoms. The first-order chi connectivity index (χ1) is 15.8. The minimum absolute atomic E-state index is 0.0823. The molecule has 3 rings (SSSR count). The number of unbranched alkanes of at least 4 members (excludes halogenated alkanes) is 1. The molecule has 0 aromatic carbocycles. The Bertz CT molecular complexity index is 990. The van der Waals surface area contributed by atoms with Crippen LogP contribution in [0.1, 0.15) is 50.8 Å². The van der Waals surface area contributed by atoms with E-state index in [-0.39, 0.29) is 24.6 Å². The maximum Gasteiger partial charge on any atom is 0.330 e. The summed E-state index contributed by atoms with van der Waals surface area (Å²) in [4.78, 5) is 52.2. The molecule has 0 saturated carbocycles. The smallest absolute Gasteiger partial charge is 0.330 e. The van der Waals surface area contributed by atoms with Crippen molar-refractivity contribution >= 4 is 33.9 Å². The molecule has 0 spiro atoms. The van der Waals surface area contributed by atoms with E-state index in [1.807, 2.05) is 6.92 Å². The van der Waals surface area contributed by atoms with Crippen LogP contribution in [-0.4, -0.2) is 64.1 Å². The lowest BCUT2D eigenvalue weighted by Crippen LogP contribution is -2.42. The number of esters is 2. The van der Waals surface area contributed by atoms with Crippen molar-refractivity contribution in [2.24, 2.45) is 0 Å². The van der Waals surface area contributed by atoms with E-state index in [2.05, 4.69) is 26.2 Å². The molecular weight excluding hydrogens is 502 g/mol. The number of halogens is 1. The molecule has 11 nitrogen and oxygen atoms in total. The van der Waals surface area contributed by atoms with Crippen molar-refractivity contribution in [3.8, 4) is 0 Å². The standard InChI is InChI=1S/C21H28BrN3O8/c1-2-3-8-31-19(28)13-4-5-14(23-13)20(29)32-11-16-15(26)9-17(33-16)25-10-12(6-7-22)18(27)24-21(25)30/h6-7,10,13-17,23,26H,2-5,8-9,11H2,1H3,(H,24,27,30)/b7-6+/t13?,14-,15?,16+,17+/m1/s1. The van der Waals surface area contributed by atoms with E-state index in [9.17, 15) is 24.3 Å². The molecule has 3 heterocycles. The van der Waals surface area contributed by atoms with Crippen molar-refractivity contribution in [3.05, 3.63) is 37.6 Å². The van der Waals surface area contributed by atoms with Gasteiger partial charge in [-0.2, -0.15) is 0 Å². The number of H-pyrrole nitrogens is 1. The summed E-state index contributed by atoms with van der Waals surface area (Å²) >= 11 is 3.08. The fourth-order valence-corrected chi connectivity index (χ4v) is 4.02. The molecule has 5 atom stereocenters. The number of aliphatic hydroxyl groups excluding tert-OH is 1. The van der Waals surface area contributed by atoms with Gasteiger partial charge in [-0.05, 0) is 30.3 Å². The number of hydrogen-bond acceptors (Lipinski definition) is 9. The Hall–Kier alpha value is -2.28. The third kappa shape index (κ3) is 6.40. The molecular formula is C21H28BrN3O8. The summed E-state index contributed by atoms with van der Waals surface area (Å²) in [5.41, 5.74) is -0.990. The number of hydrogen-bond donors (Lipinski definition) is 3. The zero-order valence-electron chi connectivity index (χ0n) is 18.2. The molecule has 0 aliphatic carbocycles. The number of carbonyl (C=O) groups is 2. The Labute approximate surface area is 198 Å². The second kappa shape index (κ2) is 11.7. The topological polar surface area (TPSA) is 149 Å². The van der Waals surface area contributed by atoms with Gasteiger partial charge in [-0.15, -0.1) is 0 Å². The lowest BCUT2D eigenvalue weighted by molar-refractivity contribution is -0.152. The van der Waals surface area contributed by atoms with Crippen LogP contribution in [0.5, 0.6) is 0 Å². The highest BCUT2D eigenvalue weighted by Crippen LogP contribution is 2.28. The van der Waals surface area contributed by atoms with Crippen molar-refractivity contribution < 1.29 is 28.9 Å². The van der Waals surface area contributed by atoms with E-state index < -0.39 is 47.7 Å². The van der Waals surface area contributed by atoms with Crippen LogP contribution in [0.2, 0.25) is 0 Å². The number of carbonyl (C=O) groups excluding carboxylic acids is 2. The molecule has 1 aromatic rings. The Morgan fingerprint density at radius 3 is 2.64 bits per heavy atom. The number of aromatic nitrogens is 2. The van der Waals surface area contributed by atoms with Crippen LogP contribution in [0.15, 0.2) is 20.8 Å². The van der Waals surface area contributed by atoms with Gasteiger partial charge in [-0.25, -0.2) is 4.79 Å². The minimum atomic E-state index is -0.977. The fraction of sp³-hybridized carbons (Fsp3) is 0.619. The first kappa shape index (κ1) is 25.3.